The van der Waals surface area contributed by atoms with Gasteiger partial charge in [-0.05, 0) is 0 Å². The zero-order chi connectivity index (χ0) is 19.6. The Morgan fingerprint density at radius 3 is 1.65 bits per heavy atom. The third-order valence-electron chi connectivity index (χ3n) is 2.67. The molecule has 148 valence electrons. The second-order valence-electron chi connectivity index (χ2n) is 4.66. The van der Waals surface area contributed by atoms with E-state index < -0.39 is 23.7 Å². The van der Waals surface area contributed by atoms with Crippen LogP contribution < -0.4 is 0 Å². The molecule has 0 spiro atoms. The van der Waals surface area contributed by atoms with Crippen LogP contribution in [0.2, 0.25) is 0 Å². The van der Waals surface area contributed by atoms with Crippen molar-refractivity contribution < 1.29 is 48.0 Å². The maximum atomic E-state index is 11.2. The van der Waals surface area contributed by atoms with E-state index in [1.165, 1.54) is 0 Å². The van der Waals surface area contributed by atoms with Crippen molar-refractivity contribution in [3.8, 4) is 0 Å². The number of hydrogen-bond donors (Lipinski definition) is 1. The summed E-state index contributed by atoms with van der Waals surface area (Å²) in [6.07, 6.45) is 0.410. The lowest BCUT2D eigenvalue weighted by Gasteiger charge is -2.07. The Balaban J connectivity index is 3.27. The van der Waals surface area contributed by atoms with E-state index in [1.807, 2.05) is 0 Å². The second kappa shape index (κ2) is 16.2. The van der Waals surface area contributed by atoms with Gasteiger partial charge in [-0.3, -0.25) is 9.59 Å². The number of ether oxygens (including phenoxy) is 5. The summed E-state index contributed by atoms with van der Waals surface area (Å²) in [6.45, 7) is 5.17. The molecular formula is C16H24O10. The summed E-state index contributed by atoms with van der Waals surface area (Å²) in [4.78, 5) is 43.0. The van der Waals surface area contributed by atoms with E-state index in [9.17, 15) is 19.2 Å². The Bertz CT molecular complexity index is 460. The van der Waals surface area contributed by atoms with Crippen LogP contribution in [0.1, 0.15) is 12.8 Å². The van der Waals surface area contributed by atoms with Gasteiger partial charge in [0, 0.05) is 12.5 Å². The molecule has 0 rings (SSSR count). The first-order valence-corrected chi connectivity index (χ1v) is 7.91. The molecule has 0 unspecified atom stereocenters. The van der Waals surface area contributed by atoms with Gasteiger partial charge in [0.05, 0.1) is 46.1 Å². The predicted octanol–water partition coefficient (Wildman–Crippen LogP) is -0.257. The zero-order valence-corrected chi connectivity index (χ0v) is 14.5. The van der Waals surface area contributed by atoms with Crippen molar-refractivity contribution in [3.63, 3.8) is 0 Å². The summed E-state index contributed by atoms with van der Waals surface area (Å²) < 4.78 is 25.0. The Hall–Kier alpha value is -2.30. The molecule has 0 aliphatic carbocycles. The molecule has 0 aliphatic rings. The number of carboxylic acid groups (broad SMARTS) is 1. The number of carbonyl (C=O) groups excluding carboxylic acids is 3. The van der Waals surface area contributed by atoms with Crippen molar-refractivity contribution in [3.05, 3.63) is 12.7 Å². The fourth-order valence-electron chi connectivity index (χ4n) is 1.41. The molecule has 0 aromatic carbocycles. The van der Waals surface area contributed by atoms with Crippen molar-refractivity contribution >= 4 is 23.7 Å². The van der Waals surface area contributed by atoms with Crippen LogP contribution in [0.5, 0.6) is 0 Å². The highest BCUT2D eigenvalue weighted by Crippen LogP contribution is 1.95. The summed E-state index contributed by atoms with van der Waals surface area (Å²) >= 11 is 0. The highest BCUT2D eigenvalue weighted by atomic mass is 16.6. The lowest BCUT2D eigenvalue weighted by Crippen LogP contribution is -2.17. The molecule has 10 heteroatoms. The van der Waals surface area contributed by atoms with Crippen LogP contribution in [0, 0.1) is 0 Å². The molecule has 0 amide bonds. The monoisotopic (exact) mass is 376 g/mol. The van der Waals surface area contributed by atoms with Gasteiger partial charge in [-0.15, -0.1) is 0 Å². The van der Waals surface area contributed by atoms with E-state index in [0.29, 0.717) is 26.4 Å². The van der Waals surface area contributed by atoms with Crippen molar-refractivity contribution in [2.45, 2.75) is 12.8 Å². The summed E-state index contributed by atoms with van der Waals surface area (Å²) in [5, 5.41) is 8.35. The maximum Gasteiger partial charge on any atom is 0.372 e. The van der Waals surface area contributed by atoms with E-state index in [4.69, 9.17) is 28.8 Å². The van der Waals surface area contributed by atoms with Gasteiger partial charge >= 0.3 is 17.9 Å². The minimum absolute atomic E-state index is 0.00658. The van der Waals surface area contributed by atoms with Crippen LogP contribution in [-0.2, 0) is 42.9 Å². The molecule has 0 aliphatic heterocycles. The van der Waals surface area contributed by atoms with Crippen LogP contribution in [0.3, 0.4) is 0 Å². The van der Waals surface area contributed by atoms with Gasteiger partial charge in [-0.2, -0.15) is 0 Å². The molecule has 0 heterocycles. The minimum atomic E-state index is -1.57. The largest absolute Gasteiger partial charge is 0.476 e. The Kier molecular flexibility index (Phi) is 14.8. The smallest absolute Gasteiger partial charge is 0.372 e. The molecular weight excluding hydrogens is 352 g/mol. The van der Waals surface area contributed by atoms with Crippen LogP contribution in [0.25, 0.3) is 0 Å². The molecule has 0 aromatic rings. The molecule has 0 saturated heterocycles. The van der Waals surface area contributed by atoms with Gasteiger partial charge < -0.3 is 28.8 Å². The first-order chi connectivity index (χ1) is 12.5. The number of hydrogen-bond acceptors (Lipinski definition) is 9. The van der Waals surface area contributed by atoms with Crippen molar-refractivity contribution in [1.29, 1.82) is 0 Å². The number of esters is 2. The number of aliphatic carboxylic acids is 1. The number of Topliss-reactive ketones (excluding diaryl/α,β-unsaturated/α-hetero) is 1. The highest BCUT2D eigenvalue weighted by molar-refractivity contribution is 6.32. The van der Waals surface area contributed by atoms with Gasteiger partial charge in [-0.25, -0.2) is 9.59 Å². The first kappa shape index (κ1) is 23.7. The number of carbonyl (C=O) groups is 4. The van der Waals surface area contributed by atoms with Gasteiger partial charge in [0.2, 0.25) is 5.78 Å². The molecule has 10 nitrogen and oxygen atoms in total. The lowest BCUT2D eigenvalue weighted by atomic mass is 10.2. The standard InChI is InChI=1S/C16H24O10/c1-2-14(18)25-11-9-23-7-5-22-6-8-24-10-12-26-15(19)4-3-13(17)16(20)21/h2H,1,3-12H2,(H,20,21). The van der Waals surface area contributed by atoms with Crippen molar-refractivity contribution in [1.82, 2.24) is 0 Å². The fourth-order valence-corrected chi connectivity index (χ4v) is 1.41. The normalized spacial score (nSPS) is 10.2. The number of carboxylic acids is 1. The molecule has 1 N–H and O–H groups in total. The molecule has 0 radical (unpaired) electrons. The highest BCUT2D eigenvalue weighted by Gasteiger charge is 2.14. The maximum absolute atomic E-state index is 11.2. The SMILES string of the molecule is C=CC(=O)OCCOCCOCCOCCOC(=O)CCC(=O)C(=O)O. The predicted molar refractivity (Wildman–Crippen MR) is 86.4 cm³/mol. The molecule has 0 aromatic heterocycles. The van der Waals surface area contributed by atoms with Crippen molar-refractivity contribution in [2.24, 2.45) is 0 Å². The van der Waals surface area contributed by atoms with Crippen LogP contribution >= 0.6 is 0 Å². The van der Waals surface area contributed by atoms with E-state index in [1.54, 1.807) is 0 Å². The Morgan fingerprint density at radius 2 is 1.19 bits per heavy atom. The third kappa shape index (κ3) is 15.2. The quantitative estimate of drug-likeness (QED) is 0.157. The summed E-state index contributed by atoms with van der Waals surface area (Å²) in [6, 6.07) is 0. The van der Waals surface area contributed by atoms with E-state index in [2.05, 4.69) is 6.58 Å². The van der Waals surface area contributed by atoms with Crippen LogP contribution in [0.15, 0.2) is 12.7 Å². The topological polar surface area (TPSA) is 135 Å². The zero-order valence-electron chi connectivity index (χ0n) is 14.5. The number of ketones is 1. The molecule has 26 heavy (non-hydrogen) atoms. The van der Waals surface area contributed by atoms with Gasteiger partial charge in [0.1, 0.15) is 13.2 Å². The Morgan fingerprint density at radius 1 is 0.731 bits per heavy atom. The molecule has 0 bridgehead atoms. The first-order valence-electron chi connectivity index (χ1n) is 7.91. The van der Waals surface area contributed by atoms with E-state index in [-0.39, 0.29) is 39.3 Å². The average molecular weight is 376 g/mol. The van der Waals surface area contributed by atoms with Crippen LogP contribution in [-0.4, -0.2) is 81.7 Å². The number of rotatable bonds is 17. The van der Waals surface area contributed by atoms with Crippen LogP contribution in [0.4, 0.5) is 0 Å². The minimum Gasteiger partial charge on any atom is -0.476 e. The van der Waals surface area contributed by atoms with Gasteiger partial charge in [0.25, 0.3) is 0 Å². The van der Waals surface area contributed by atoms with Gasteiger partial charge in [0.15, 0.2) is 0 Å². The summed E-state index contributed by atoms with van der Waals surface area (Å²) in [5.41, 5.74) is 0. The molecule has 0 saturated carbocycles. The fraction of sp³-hybridized carbons (Fsp3) is 0.625. The summed E-state index contributed by atoms with van der Waals surface area (Å²) in [7, 11) is 0. The molecule has 0 fully saturated rings. The van der Waals surface area contributed by atoms with E-state index >= 15 is 0 Å². The van der Waals surface area contributed by atoms with E-state index in [0.717, 1.165) is 6.08 Å². The summed E-state index contributed by atoms with van der Waals surface area (Å²) in [5.74, 6) is -3.75. The Labute approximate surface area is 151 Å². The lowest BCUT2D eigenvalue weighted by molar-refractivity contribution is -0.151. The third-order valence-corrected chi connectivity index (χ3v) is 2.67. The average Bonchev–Trinajstić information content (AvgIpc) is 2.62. The van der Waals surface area contributed by atoms with Gasteiger partial charge in [-0.1, -0.05) is 6.58 Å². The molecule has 0 atom stereocenters. The van der Waals surface area contributed by atoms with Crippen molar-refractivity contribution in [2.75, 3.05) is 52.9 Å². The second-order valence-corrected chi connectivity index (χ2v) is 4.66.